The van der Waals surface area contributed by atoms with Crippen molar-refractivity contribution in [1.29, 1.82) is 0 Å². The van der Waals surface area contributed by atoms with Gasteiger partial charge in [0.25, 0.3) is 4.84 Å². The molecule has 3 aromatic heterocycles. The number of hydrogen-bond donors (Lipinski definition) is 1. The number of hydrogen-bond acceptors (Lipinski definition) is 7. The van der Waals surface area contributed by atoms with Gasteiger partial charge in [0, 0.05) is 18.8 Å². The third-order valence-electron chi connectivity index (χ3n) is 2.53. The monoisotopic (exact) mass is 323 g/mol. The van der Waals surface area contributed by atoms with Gasteiger partial charge < -0.3 is 4.42 Å². The molecule has 0 radical (unpaired) electrons. The van der Waals surface area contributed by atoms with E-state index in [1.165, 1.54) is 11.3 Å². The van der Waals surface area contributed by atoms with Crippen LogP contribution < -0.4 is 0 Å². The lowest BCUT2D eigenvalue weighted by Crippen LogP contribution is -2.03. The maximum absolute atomic E-state index is 5.48. The predicted octanol–water partition coefficient (Wildman–Crippen LogP) is 3.02. The number of H-pyrrole nitrogens is 1. The number of aromatic amines is 1. The zero-order valence-corrected chi connectivity index (χ0v) is 12.6. The Morgan fingerprint density at radius 1 is 1.40 bits per heavy atom. The summed E-state index contributed by atoms with van der Waals surface area (Å²) in [5, 5.41) is 12.1. The third-order valence-corrected chi connectivity index (χ3v) is 3.98. The number of pyridine rings is 1. The lowest BCUT2D eigenvalue weighted by molar-refractivity contribution is 0.510. The fraction of sp³-hybridized carbons (Fsp3) is 0.182. The highest BCUT2D eigenvalue weighted by molar-refractivity contribution is 7.73. The zero-order chi connectivity index (χ0) is 13.9. The Morgan fingerprint density at radius 3 is 3.00 bits per heavy atom. The second kappa shape index (κ2) is 5.73. The molecule has 0 aliphatic rings. The fourth-order valence-corrected chi connectivity index (χ4v) is 2.76. The van der Waals surface area contributed by atoms with Crippen LogP contribution in [0.4, 0.5) is 0 Å². The van der Waals surface area contributed by atoms with Crippen molar-refractivity contribution >= 4 is 35.8 Å². The molecule has 3 heterocycles. The van der Waals surface area contributed by atoms with Crippen LogP contribution in [0.25, 0.3) is 11.5 Å². The van der Waals surface area contributed by atoms with Gasteiger partial charge in [0.1, 0.15) is 5.01 Å². The van der Waals surface area contributed by atoms with Crippen molar-refractivity contribution < 1.29 is 4.42 Å². The van der Waals surface area contributed by atoms with Gasteiger partial charge in [-0.05, 0) is 36.6 Å². The summed E-state index contributed by atoms with van der Waals surface area (Å²) in [7, 11) is 0. The summed E-state index contributed by atoms with van der Waals surface area (Å²) in [4.78, 5) is 4.37. The number of aryl methyl sites for hydroxylation is 2. The van der Waals surface area contributed by atoms with Crippen LogP contribution in [0, 0.1) is 8.79 Å². The minimum atomic E-state index is 0.336. The van der Waals surface area contributed by atoms with Gasteiger partial charge in [-0.2, -0.15) is 5.10 Å². The minimum Gasteiger partial charge on any atom is -0.409 e. The maximum Gasteiger partial charge on any atom is 0.287 e. The Labute approximate surface area is 128 Å². The normalized spacial score (nSPS) is 10.8. The highest BCUT2D eigenvalue weighted by atomic mass is 32.1. The van der Waals surface area contributed by atoms with Gasteiger partial charge in [0.2, 0.25) is 5.89 Å². The molecule has 0 saturated heterocycles. The molecule has 0 amide bonds. The van der Waals surface area contributed by atoms with Gasteiger partial charge in [-0.15, -0.1) is 5.10 Å². The summed E-state index contributed by atoms with van der Waals surface area (Å²) in [6.07, 6.45) is 4.08. The lowest BCUT2D eigenvalue weighted by atomic mass is 10.3. The Balaban J connectivity index is 1.79. The Kier molecular flexibility index (Phi) is 3.81. The van der Waals surface area contributed by atoms with Gasteiger partial charge in [-0.1, -0.05) is 11.3 Å². The first-order valence-corrected chi connectivity index (χ1v) is 7.38. The van der Waals surface area contributed by atoms with E-state index < -0.39 is 0 Å². The van der Waals surface area contributed by atoms with Gasteiger partial charge in [0.05, 0.1) is 12.1 Å². The molecule has 1 N–H and O–H groups in total. The van der Waals surface area contributed by atoms with Crippen molar-refractivity contribution in [2.24, 2.45) is 0 Å². The van der Waals surface area contributed by atoms with Crippen LogP contribution in [0.5, 0.6) is 0 Å². The molecule has 0 bridgehead atoms. The first-order chi connectivity index (χ1) is 9.72. The molecule has 0 aliphatic heterocycles. The quantitative estimate of drug-likeness (QED) is 0.744. The standard InChI is InChI=1S/C11H9N5OS3/c18-10-14-13-8(20-10)3-5-16-11(19)17-9(15-16)7-2-1-4-12-6-7/h1-2,4,6H,3,5H2,(H,14,18). The average Bonchev–Trinajstić information content (AvgIpc) is 3.04. The zero-order valence-electron chi connectivity index (χ0n) is 10.1. The van der Waals surface area contributed by atoms with Crippen molar-refractivity contribution in [3.63, 3.8) is 0 Å². The van der Waals surface area contributed by atoms with Crippen LogP contribution >= 0.6 is 35.8 Å². The summed E-state index contributed by atoms with van der Waals surface area (Å²) in [5.41, 5.74) is 0.799. The van der Waals surface area contributed by atoms with Crippen molar-refractivity contribution in [3.8, 4) is 11.5 Å². The molecule has 0 fully saturated rings. The number of aromatic nitrogens is 5. The van der Waals surface area contributed by atoms with E-state index in [1.807, 2.05) is 12.1 Å². The van der Waals surface area contributed by atoms with E-state index in [-0.39, 0.29) is 0 Å². The molecule has 3 aromatic rings. The molecular weight excluding hydrogens is 314 g/mol. The molecular formula is C11H9N5OS3. The van der Waals surface area contributed by atoms with E-state index in [0.29, 0.717) is 27.6 Å². The molecule has 20 heavy (non-hydrogen) atoms. The van der Waals surface area contributed by atoms with E-state index in [9.17, 15) is 0 Å². The van der Waals surface area contributed by atoms with Crippen molar-refractivity contribution in [1.82, 2.24) is 25.0 Å². The van der Waals surface area contributed by atoms with Gasteiger partial charge in [-0.25, -0.2) is 4.68 Å². The largest absolute Gasteiger partial charge is 0.409 e. The Hall–Kier alpha value is -1.71. The molecule has 0 saturated carbocycles. The van der Waals surface area contributed by atoms with Gasteiger partial charge >= 0.3 is 0 Å². The summed E-state index contributed by atoms with van der Waals surface area (Å²) in [5.74, 6) is 0.470. The topological polar surface area (TPSA) is 72.5 Å². The van der Waals surface area contributed by atoms with Crippen LogP contribution in [0.3, 0.4) is 0 Å². The van der Waals surface area contributed by atoms with Gasteiger partial charge in [0.15, 0.2) is 3.95 Å². The molecule has 0 aromatic carbocycles. The van der Waals surface area contributed by atoms with E-state index in [4.69, 9.17) is 28.9 Å². The fourth-order valence-electron chi connectivity index (χ4n) is 1.62. The SMILES string of the molecule is S=c1[nH]nc(CCn2nc(-c3cccnc3)oc2=S)s1. The Bertz CT molecular complexity index is 816. The van der Waals surface area contributed by atoms with Crippen LogP contribution in [0.1, 0.15) is 5.01 Å². The third kappa shape index (κ3) is 2.89. The van der Waals surface area contributed by atoms with Crippen molar-refractivity contribution in [2.75, 3.05) is 0 Å². The summed E-state index contributed by atoms with van der Waals surface area (Å²) in [6.45, 7) is 0.596. The second-order valence-electron chi connectivity index (χ2n) is 3.89. The average molecular weight is 323 g/mol. The smallest absolute Gasteiger partial charge is 0.287 e. The highest BCUT2D eigenvalue weighted by Crippen LogP contribution is 2.16. The van der Waals surface area contributed by atoms with E-state index in [0.717, 1.165) is 10.6 Å². The molecule has 0 unspecified atom stereocenters. The number of rotatable bonds is 4. The number of nitrogens with zero attached hydrogens (tertiary/aromatic N) is 4. The predicted molar refractivity (Wildman–Crippen MR) is 79.6 cm³/mol. The van der Waals surface area contributed by atoms with Gasteiger partial charge in [-0.3, -0.25) is 10.1 Å². The summed E-state index contributed by atoms with van der Waals surface area (Å²) >= 11 is 11.6. The van der Waals surface area contributed by atoms with E-state index >= 15 is 0 Å². The highest BCUT2D eigenvalue weighted by Gasteiger charge is 2.08. The van der Waals surface area contributed by atoms with Crippen LogP contribution in [0.2, 0.25) is 0 Å². The molecule has 6 nitrogen and oxygen atoms in total. The molecule has 102 valence electrons. The summed E-state index contributed by atoms with van der Waals surface area (Å²) < 4.78 is 7.78. The first kappa shape index (κ1) is 13.3. The first-order valence-electron chi connectivity index (χ1n) is 5.75. The van der Waals surface area contributed by atoms with Crippen LogP contribution in [-0.2, 0) is 13.0 Å². The second-order valence-corrected chi connectivity index (χ2v) is 5.99. The summed E-state index contributed by atoms with van der Waals surface area (Å²) in [6, 6.07) is 3.70. The minimum absolute atomic E-state index is 0.336. The Morgan fingerprint density at radius 2 is 2.30 bits per heavy atom. The van der Waals surface area contributed by atoms with E-state index in [2.05, 4.69) is 20.3 Å². The molecule has 9 heteroatoms. The molecule has 3 rings (SSSR count). The molecule has 0 atom stereocenters. The molecule has 0 spiro atoms. The lowest BCUT2D eigenvalue weighted by Gasteiger charge is -1.95. The van der Waals surface area contributed by atoms with Crippen molar-refractivity contribution in [3.05, 3.63) is 38.3 Å². The van der Waals surface area contributed by atoms with E-state index in [1.54, 1.807) is 17.1 Å². The van der Waals surface area contributed by atoms with Crippen LogP contribution in [-0.4, -0.2) is 25.0 Å². The maximum atomic E-state index is 5.48. The molecule has 0 aliphatic carbocycles. The van der Waals surface area contributed by atoms with Crippen LogP contribution in [0.15, 0.2) is 28.9 Å². The number of nitrogens with one attached hydrogen (secondary N) is 1. The van der Waals surface area contributed by atoms with Crippen molar-refractivity contribution in [2.45, 2.75) is 13.0 Å².